The molecule has 9 nitrogen and oxygen atoms in total. The molecule has 0 saturated carbocycles. The van der Waals surface area contributed by atoms with Gasteiger partial charge in [-0.05, 0) is 20.7 Å². The monoisotopic (exact) mass is 814 g/mol. The minimum atomic E-state index is -3.56. The first-order valence-electron chi connectivity index (χ1n) is 13.6. The summed E-state index contributed by atoms with van der Waals surface area (Å²) in [5.74, 6) is 0. The van der Waals surface area contributed by atoms with Crippen LogP contribution in [0.2, 0.25) is 0 Å². The molecule has 0 unspecified atom stereocenters. The van der Waals surface area contributed by atoms with Gasteiger partial charge in [-0.2, -0.15) is 0 Å². The van der Waals surface area contributed by atoms with Gasteiger partial charge in [0.15, 0.2) is 0 Å². The fourth-order valence-electron chi connectivity index (χ4n) is 4.61. The number of hydrogen-bond acceptors (Lipinski definition) is 9. The molecule has 0 spiro atoms. The Morgan fingerprint density at radius 3 is 0.635 bits per heavy atom. The van der Waals surface area contributed by atoms with Crippen LogP contribution in [0, 0.1) is 0 Å². The van der Waals surface area contributed by atoms with Gasteiger partial charge < -0.3 is 38.6 Å². The minimum absolute atomic E-state index is 0. The molecule has 0 aliphatic rings. The lowest BCUT2D eigenvalue weighted by molar-refractivity contribution is 0.160. The first-order valence-corrected chi connectivity index (χ1v) is 21.5. The molecule has 0 amide bonds. The van der Waals surface area contributed by atoms with Crippen molar-refractivity contribution in [1.29, 1.82) is 0 Å². The van der Waals surface area contributed by atoms with E-state index in [2.05, 4.69) is 0 Å². The SMILES string of the molecule is C.C.C.C.C.C.C.C.C.CO[SiH](OC)O[Si](O[SiH](OC)O[Si](O[SiH](OC)OC)(c1ccccc1)c1ccccc1)(c1ccccc1)c1ccccc1. The van der Waals surface area contributed by atoms with Gasteiger partial charge in [0.05, 0.1) is 0 Å². The Bertz CT molecular complexity index is 1160. The Morgan fingerprint density at radius 1 is 0.288 bits per heavy atom. The maximum absolute atomic E-state index is 7.12. The summed E-state index contributed by atoms with van der Waals surface area (Å²) < 4.78 is 56.7. The Morgan fingerprint density at radius 2 is 0.462 bits per heavy atom. The van der Waals surface area contributed by atoms with E-state index in [0.29, 0.717) is 0 Å². The van der Waals surface area contributed by atoms with Gasteiger partial charge in [0.25, 0.3) is 0 Å². The van der Waals surface area contributed by atoms with Crippen molar-refractivity contribution in [2.75, 3.05) is 35.5 Å². The second kappa shape index (κ2) is 31.0. The molecule has 0 aromatic heterocycles. The van der Waals surface area contributed by atoms with Crippen LogP contribution < -0.4 is 20.7 Å². The zero-order valence-electron chi connectivity index (χ0n) is 25.0. The van der Waals surface area contributed by atoms with Gasteiger partial charge in [-0.1, -0.05) is 188 Å². The van der Waals surface area contributed by atoms with Crippen molar-refractivity contribution in [1.82, 2.24) is 0 Å². The van der Waals surface area contributed by atoms with Crippen LogP contribution in [-0.2, 0) is 38.6 Å². The van der Waals surface area contributed by atoms with E-state index < -0.39 is 45.7 Å². The van der Waals surface area contributed by atoms with Crippen LogP contribution >= 0.6 is 0 Å². The standard InChI is InChI=1S/C29H38O9Si5.9CH4/c1-30-39(31-2)35-42(26-18-10-6-11-19-26,27-20-12-7-13-21-27)37-41(34-5)38-43(36-40(32-3)33-4,28-22-14-8-15-23-28)29-24-16-9-17-25-29;;;;;;;;;/h6-25,39-41H,1-5H3;9*1H4. The lowest BCUT2D eigenvalue weighted by Crippen LogP contribution is -2.72. The van der Waals surface area contributed by atoms with Crippen molar-refractivity contribution in [3.8, 4) is 0 Å². The van der Waals surface area contributed by atoms with Gasteiger partial charge >= 0.3 is 45.7 Å². The van der Waals surface area contributed by atoms with E-state index in [1.165, 1.54) is 0 Å². The van der Waals surface area contributed by atoms with Crippen molar-refractivity contribution in [3.05, 3.63) is 121 Å². The van der Waals surface area contributed by atoms with Crippen LogP contribution in [0.4, 0.5) is 0 Å². The summed E-state index contributed by atoms with van der Waals surface area (Å²) in [6.45, 7) is 0. The van der Waals surface area contributed by atoms with Crippen LogP contribution in [0.25, 0.3) is 0 Å². The highest BCUT2D eigenvalue weighted by Gasteiger charge is 2.53. The first kappa shape index (κ1) is 61.6. The number of hydrogen-bond donors (Lipinski definition) is 0. The maximum Gasteiger partial charge on any atom is 0.475 e. The average Bonchev–Trinajstić information content (AvgIpc) is 3.09. The van der Waals surface area contributed by atoms with Crippen molar-refractivity contribution in [2.24, 2.45) is 0 Å². The summed E-state index contributed by atoms with van der Waals surface area (Å²) in [6, 6.07) is 39.4. The highest BCUT2D eigenvalue weighted by molar-refractivity contribution is 7.00. The molecule has 0 saturated heterocycles. The summed E-state index contributed by atoms with van der Waals surface area (Å²) in [5, 5.41) is 3.44. The quantitative estimate of drug-likeness (QED) is 0.109. The number of rotatable bonds is 17. The topological polar surface area (TPSA) is 83.1 Å². The summed E-state index contributed by atoms with van der Waals surface area (Å²) >= 11 is 0. The van der Waals surface area contributed by atoms with E-state index in [1.807, 2.05) is 121 Å². The zero-order valence-corrected chi connectivity index (χ0v) is 30.4. The van der Waals surface area contributed by atoms with Crippen LogP contribution in [0.15, 0.2) is 121 Å². The second-order valence-corrected chi connectivity index (χ2v) is 21.8. The third-order valence-corrected chi connectivity index (χ3v) is 21.3. The lowest BCUT2D eigenvalue weighted by Gasteiger charge is -2.39. The van der Waals surface area contributed by atoms with Gasteiger partial charge in [0.2, 0.25) is 0 Å². The molecule has 4 rings (SSSR count). The minimum Gasteiger partial charge on any atom is -0.390 e. The Hall–Kier alpha value is -2.40. The maximum atomic E-state index is 7.12. The third-order valence-electron chi connectivity index (χ3n) is 6.63. The highest BCUT2D eigenvalue weighted by Crippen LogP contribution is 2.19. The molecular weight excluding hydrogens is 741 g/mol. The van der Waals surface area contributed by atoms with E-state index in [-0.39, 0.29) is 66.8 Å². The van der Waals surface area contributed by atoms with Crippen LogP contribution in [0.1, 0.15) is 66.8 Å². The molecule has 0 radical (unpaired) electrons. The van der Waals surface area contributed by atoms with Crippen LogP contribution in [0.3, 0.4) is 0 Å². The largest absolute Gasteiger partial charge is 0.475 e. The number of benzene rings is 4. The average molecular weight is 815 g/mol. The smallest absolute Gasteiger partial charge is 0.390 e. The normalized spacial score (nSPS) is 10.2. The summed E-state index contributed by atoms with van der Waals surface area (Å²) in [7, 11) is -7.60. The van der Waals surface area contributed by atoms with Crippen molar-refractivity contribution < 1.29 is 38.6 Å². The van der Waals surface area contributed by atoms with Gasteiger partial charge in [-0.15, -0.1) is 0 Å². The molecule has 0 aliphatic heterocycles. The fraction of sp³-hybridized carbons (Fsp3) is 0.368. The molecule has 0 fully saturated rings. The molecule has 52 heavy (non-hydrogen) atoms. The van der Waals surface area contributed by atoms with Crippen molar-refractivity contribution in [3.63, 3.8) is 0 Å². The van der Waals surface area contributed by atoms with Gasteiger partial charge in [0, 0.05) is 35.5 Å². The molecule has 14 heteroatoms. The summed E-state index contributed by atoms with van der Waals surface area (Å²) in [4.78, 5) is 0. The van der Waals surface area contributed by atoms with E-state index in [0.717, 1.165) is 20.7 Å². The molecule has 300 valence electrons. The Kier molecular flexibility index (Phi) is 36.7. The van der Waals surface area contributed by atoms with E-state index >= 15 is 0 Å². The lowest BCUT2D eigenvalue weighted by atomic mass is 10.4. The molecule has 0 atom stereocenters. The van der Waals surface area contributed by atoms with Gasteiger partial charge in [0.1, 0.15) is 0 Å². The first-order chi connectivity index (χ1) is 21.0. The zero-order chi connectivity index (χ0) is 30.5. The van der Waals surface area contributed by atoms with Crippen LogP contribution in [0.5, 0.6) is 0 Å². The molecule has 4 aromatic rings. The summed E-state index contributed by atoms with van der Waals surface area (Å²) in [6.07, 6.45) is 0. The molecule has 0 heterocycles. The molecule has 0 bridgehead atoms. The highest BCUT2D eigenvalue weighted by atomic mass is 28.5. The van der Waals surface area contributed by atoms with Crippen LogP contribution in [-0.4, -0.2) is 81.3 Å². The Balaban J connectivity index is -0.000000588. The van der Waals surface area contributed by atoms with E-state index in [9.17, 15) is 0 Å². The fourth-order valence-corrected chi connectivity index (χ4v) is 21.3. The third kappa shape index (κ3) is 14.8. The van der Waals surface area contributed by atoms with Gasteiger partial charge in [-0.25, -0.2) is 0 Å². The summed E-state index contributed by atoms with van der Waals surface area (Å²) in [5.41, 5.74) is 0. The van der Waals surface area contributed by atoms with Crippen molar-refractivity contribution >= 4 is 66.5 Å². The van der Waals surface area contributed by atoms with E-state index in [1.54, 1.807) is 35.5 Å². The Labute approximate surface area is 327 Å². The molecule has 0 N–H and O–H groups in total. The molecular formula is C38H74O9Si5. The van der Waals surface area contributed by atoms with E-state index in [4.69, 9.17) is 38.6 Å². The molecule has 0 aliphatic carbocycles. The predicted molar refractivity (Wildman–Crippen MR) is 237 cm³/mol. The predicted octanol–water partition coefficient (Wildman–Crippen LogP) is 6.67. The second-order valence-electron chi connectivity index (χ2n) is 9.21. The molecule has 4 aromatic carbocycles. The van der Waals surface area contributed by atoms with Gasteiger partial charge in [-0.3, -0.25) is 0 Å². The van der Waals surface area contributed by atoms with Crippen molar-refractivity contribution in [2.45, 2.75) is 66.8 Å².